The molecule has 1 atom stereocenters. The number of halogens is 1. The van der Waals surface area contributed by atoms with Crippen LogP contribution in [-0.2, 0) is 0 Å². The third kappa shape index (κ3) is 1.86. The highest BCUT2D eigenvalue weighted by molar-refractivity contribution is 6.32. The quantitative estimate of drug-likeness (QED) is 0.835. The number of benzene rings is 1. The highest BCUT2D eigenvalue weighted by atomic mass is 35.5. The van der Waals surface area contributed by atoms with Gasteiger partial charge in [0.2, 0.25) is 0 Å². The Balaban J connectivity index is 2.25. The Hall–Kier alpha value is -0.730. The molecule has 0 bridgehead atoms. The van der Waals surface area contributed by atoms with Crippen molar-refractivity contribution in [2.45, 2.75) is 18.9 Å². The number of nitrogens with two attached hydrogens (primary N) is 1. The molecule has 0 saturated heterocycles. The first-order valence-corrected chi connectivity index (χ1v) is 5.19. The van der Waals surface area contributed by atoms with Crippen molar-refractivity contribution < 1.29 is 4.74 Å². The van der Waals surface area contributed by atoms with E-state index in [0.717, 1.165) is 5.56 Å². The Kier molecular flexibility index (Phi) is 2.66. The van der Waals surface area contributed by atoms with Crippen molar-refractivity contribution in [1.29, 1.82) is 0 Å². The van der Waals surface area contributed by atoms with Gasteiger partial charge in [0.05, 0.1) is 12.1 Å². The van der Waals surface area contributed by atoms with Gasteiger partial charge in [-0.05, 0) is 36.5 Å². The van der Waals surface area contributed by atoms with E-state index in [1.54, 1.807) is 7.11 Å². The standard InChI is InChI=1S/C11H14ClNO/c1-14-10-6-8(4-5-9(10)12)11(13)7-2-3-7/h4-7,11H,2-3,13H2,1H3. The van der Waals surface area contributed by atoms with Crippen molar-refractivity contribution in [3.63, 3.8) is 0 Å². The Labute approximate surface area is 89.0 Å². The summed E-state index contributed by atoms with van der Waals surface area (Å²) in [4.78, 5) is 0. The average molecular weight is 212 g/mol. The van der Waals surface area contributed by atoms with Crippen LogP contribution >= 0.6 is 11.6 Å². The van der Waals surface area contributed by atoms with Crippen LogP contribution in [0.1, 0.15) is 24.4 Å². The lowest BCUT2D eigenvalue weighted by atomic mass is 10.0. The van der Waals surface area contributed by atoms with Crippen LogP contribution in [0.5, 0.6) is 5.75 Å². The SMILES string of the molecule is COc1cc(C(N)C2CC2)ccc1Cl. The zero-order valence-corrected chi connectivity index (χ0v) is 8.92. The molecule has 0 aliphatic heterocycles. The van der Waals surface area contributed by atoms with Gasteiger partial charge in [-0.25, -0.2) is 0 Å². The van der Waals surface area contributed by atoms with Gasteiger partial charge in [-0.2, -0.15) is 0 Å². The molecule has 2 rings (SSSR count). The van der Waals surface area contributed by atoms with Gasteiger partial charge in [-0.1, -0.05) is 17.7 Å². The fraction of sp³-hybridized carbons (Fsp3) is 0.455. The van der Waals surface area contributed by atoms with Crippen molar-refractivity contribution in [2.75, 3.05) is 7.11 Å². The van der Waals surface area contributed by atoms with E-state index < -0.39 is 0 Å². The third-order valence-electron chi connectivity index (χ3n) is 2.69. The second-order valence-electron chi connectivity index (χ2n) is 3.76. The molecule has 1 aliphatic rings. The third-order valence-corrected chi connectivity index (χ3v) is 3.00. The van der Waals surface area contributed by atoms with Crippen molar-refractivity contribution in [3.05, 3.63) is 28.8 Å². The van der Waals surface area contributed by atoms with Crippen LogP contribution in [0.15, 0.2) is 18.2 Å². The first kappa shape index (κ1) is 9.81. The monoisotopic (exact) mass is 211 g/mol. The molecule has 0 amide bonds. The predicted molar refractivity (Wildman–Crippen MR) is 57.7 cm³/mol. The average Bonchev–Trinajstić information content (AvgIpc) is 3.01. The topological polar surface area (TPSA) is 35.2 Å². The lowest BCUT2D eigenvalue weighted by molar-refractivity contribution is 0.413. The summed E-state index contributed by atoms with van der Waals surface area (Å²) in [6.07, 6.45) is 2.48. The maximum absolute atomic E-state index is 6.08. The second-order valence-corrected chi connectivity index (χ2v) is 4.16. The summed E-state index contributed by atoms with van der Waals surface area (Å²) in [5.41, 5.74) is 7.19. The fourth-order valence-electron chi connectivity index (χ4n) is 1.61. The summed E-state index contributed by atoms with van der Waals surface area (Å²) in [6.45, 7) is 0. The number of ether oxygens (including phenoxy) is 1. The molecule has 1 aromatic carbocycles. The van der Waals surface area contributed by atoms with Crippen molar-refractivity contribution >= 4 is 11.6 Å². The molecular weight excluding hydrogens is 198 g/mol. The molecule has 1 fully saturated rings. The van der Waals surface area contributed by atoms with Gasteiger partial charge >= 0.3 is 0 Å². The van der Waals surface area contributed by atoms with E-state index >= 15 is 0 Å². The summed E-state index contributed by atoms with van der Waals surface area (Å²) < 4.78 is 5.15. The molecule has 1 aromatic rings. The minimum atomic E-state index is 0.140. The molecule has 1 unspecified atom stereocenters. The van der Waals surface area contributed by atoms with E-state index in [1.165, 1.54) is 12.8 Å². The van der Waals surface area contributed by atoms with Gasteiger partial charge in [0.25, 0.3) is 0 Å². The van der Waals surface area contributed by atoms with Gasteiger partial charge in [-0.15, -0.1) is 0 Å². The van der Waals surface area contributed by atoms with Gasteiger partial charge in [-0.3, -0.25) is 0 Å². The van der Waals surface area contributed by atoms with Gasteiger partial charge in [0.15, 0.2) is 0 Å². The molecule has 2 N–H and O–H groups in total. The molecular formula is C11H14ClNO. The number of rotatable bonds is 3. The predicted octanol–water partition coefficient (Wildman–Crippen LogP) is 2.76. The Bertz CT molecular complexity index is 336. The Morgan fingerprint density at radius 1 is 1.50 bits per heavy atom. The molecule has 0 radical (unpaired) electrons. The lowest BCUT2D eigenvalue weighted by Crippen LogP contribution is -2.12. The highest BCUT2D eigenvalue weighted by Gasteiger charge is 2.29. The van der Waals surface area contributed by atoms with E-state index in [1.807, 2.05) is 18.2 Å². The summed E-state index contributed by atoms with van der Waals surface area (Å²) in [5, 5.41) is 0.638. The van der Waals surface area contributed by atoms with E-state index in [-0.39, 0.29) is 6.04 Å². The van der Waals surface area contributed by atoms with Crippen molar-refractivity contribution in [3.8, 4) is 5.75 Å². The van der Waals surface area contributed by atoms with Gasteiger partial charge < -0.3 is 10.5 Å². The molecule has 3 heteroatoms. The summed E-state index contributed by atoms with van der Waals surface area (Å²) in [5.74, 6) is 1.36. The first-order valence-electron chi connectivity index (χ1n) is 4.81. The smallest absolute Gasteiger partial charge is 0.137 e. The van der Waals surface area contributed by atoms with Crippen LogP contribution in [0.25, 0.3) is 0 Å². The molecule has 2 nitrogen and oxygen atoms in total. The van der Waals surface area contributed by atoms with Crippen molar-refractivity contribution in [2.24, 2.45) is 11.7 Å². The van der Waals surface area contributed by atoms with E-state index in [9.17, 15) is 0 Å². The maximum Gasteiger partial charge on any atom is 0.137 e. The molecule has 0 heterocycles. The minimum absolute atomic E-state index is 0.140. The molecule has 1 saturated carbocycles. The zero-order chi connectivity index (χ0) is 10.1. The number of methoxy groups -OCH3 is 1. The van der Waals surface area contributed by atoms with Crippen LogP contribution < -0.4 is 10.5 Å². The minimum Gasteiger partial charge on any atom is -0.495 e. The maximum atomic E-state index is 6.08. The molecule has 14 heavy (non-hydrogen) atoms. The second kappa shape index (κ2) is 3.79. The normalized spacial score (nSPS) is 17.9. The van der Waals surface area contributed by atoms with Crippen molar-refractivity contribution in [1.82, 2.24) is 0 Å². The largest absolute Gasteiger partial charge is 0.495 e. The molecule has 76 valence electrons. The molecule has 0 spiro atoms. The van der Waals surface area contributed by atoms with Crippen LogP contribution in [0.4, 0.5) is 0 Å². The number of hydrogen-bond donors (Lipinski definition) is 1. The Morgan fingerprint density at radius 2 is 2.21 bits per heavy atom. The van der Waals surface area contributed by atoms with Crippen LogP contribution in [0, 0.1) is 5.92 Å². The summed E-state index contributed by atoms with van der Waals surface area (Å²) >= 11 is 5.93. The molecule has 0 aromatic heterocycles. The van der Waals surface area contributed by atoms with E-state index in [4.69, 9.17) is 22.1 Å². The number of hydrogen-bond acceptors (Lipinski definition) is 2. The fourth-order valence-corrected chi connectivity index (χ4v) is 1.81. The highest BCUT2D eigenvalue weighted by Crippen LogP contribution is 2.40. The van der Waals surface area contributed by atoms with E-state index in [2.05, 4.69) is 0 Å². The van der Waals surface area contributed by atoms with Crippen LogP contribution in [0.2, 0.25) is 5.02 Å². The lowest BCUT2D eigenvalue weighted by Gasteiger charge is -2.12. The first-order chi connectivity index (χ1) is 6.72. The van der Waals surface area contributed by atoms with Gasteiger partial charge in [0.1, 0.15) is 5.75 Å². The van der Waals surface area contributed by atoms with E-state index in [0.29, 0.717) is 16.7 Å². The van der Waals surface area contributed by atoms with Crippen LogP contribution in [-0.4, -0.2) is 7.11 Å². The Morgan fingerprint density at radius 3 is 2.79 bits per heavy atom. The molecule has 1 aliphatic carbocycles. The summed E-state index contributed by atoms with van der Waals surface area (Å²) in [7, 11) is 1.62. The summed E-state index contributed by atoms with van der Waals surface area (Å²) in [6, 6.07) is 5.90. The zero-order valence-electron chi connectivity index (χ0n) is 8.16. The van der Waals surface area contributed by atoms with Gasteiger partial charge in [0, 0.05) is 6.04 Å². The van der Waals surface area contributed by atoms with Crippen LogP contribution in [0.3, 0.4) is 0 Å².